The van der Waals surface area contributed by atoms with Crippen molar-refractivity contribution in [2.75, 3.05) is 5.01 Å². The lowest BCUT2D eigenvalue weighted by molar-refractivity contribution is -0.124. The number of aromatic nitrogens is 1. The molecule has 31 heavy (non-hydrogen) atoms. The maximum atomic E-state index is 12.2. The summed E-state index contributed by atoms with van der Waals surface area (Å²) in [4.78, 5) is 28.4. The standard InChI is InChI=1S/C22H16Cl2N4O3/c1-11(2)14-3-4-18-15(14)7-13(10-26-18)31-22-16(23)5-12(6-17(22)24)28-21(30)8-20(29)19(9-25)27-28/h3,5-7,10-11H,4,8H2,1-2H3. The molecule has 2 aromatic rings. The average molecular weight is 455 g/mol. The number of hydrogen-bond acceptors (Lipinski definition) is 6. The average Bonchev–Trinajstić information content (AvgIpc) is 3.14. The second-order valence-electron chi connectivity index (χ2n) is 7.39. The summed E-state index contributed by atoms with van der Waals surface area (Å²) in [5.41, 5.74) is 3.12. The van der Waals surface area contributed by atoms with E-state index in [-0.39, 0.29) is 27.2 Å². The molecule has 0 bridgehead atoms. The number of anilines is 1. The van der Waals surface area contributed by atoms with Gasteiger partial charge >= 0.3 is 0 Å². The monoisotopic (exact) mass is 454 g/mol. The summed E-state index contributed by atoms with van der Waals surface area (Å²) in [5.74, 6) is -0.168. The molecule has 156 valence electrons. The number of carbonyl (C=O) groups excluding carboxylic acids is 2. The molecule has 9 heteroatoms. The molecule has 0 spiro atoms. The molecule has 1 aliphatic carbocycles. The third-order valence-corrected chi connectivity index (χ3v) is 5.52. The van der Waals surface area contributed by atoms with Crippen LogP contribution in [0.3, 0.4) is 0 Å². The summed E-state index contributed by atoms with van der Waals surface area (Å²) in [6.07, 6.45) is 4.11. The van der Waals surface area contributed by atoms with Crippen LogP contribution in [0.25, 0.3) is 5.57 Å². The fourth-order valence-corrected chi connectivity index (χ4v) is 4.04. The SMILES string of the molecule is CC(C)C1=CCc2ncc(Oc3c(Cl)cc(N4N=C(C#N)C(=O)CC4=O)cc3Cl)cc21. The minimum Gasteiger partial charge on any atom is -0.453 e. The van der Waals surface area contributed by atoms with Crippen molar-refractivity contribution < 1.29 is 14.3 Å². The summed E-state index contributed by atoms with van der Waals surface area (Å²) in [6, 6.07) is 6.47. The highest BCUT2D eigenvalue weighted by Crippen LogP contribution is 2.41. The van der Waals surface area contributed by atoms with Crippen LogP contribution in [0.15, 0.2) is 35.6 Å². The molecular weight excluding hydrogens is 439 g/mol. The van der Waals surface area contributed by atoms with Gasteiger partial charge < -0.3 is 4.74 Å². The van der Waals surface area contributed by atoms with E-state index >= 15 is 0 Å². The zero-order chi connectivity index (χ0) is 22.3. The van der Waals surface area contributed by atoms with E-state index in [1.807, 2.05) is 6.07 Å². The fraction of sp³-hybridized carbons (Fsp3) is 0.227. The molecule has 1 amide bonds. The topological polar surface area (TPSA) is 95.7 Å². The molecule has 0 radical (unpaired) electrons. The number of halogens is 2. The lowest BCUT2D eigenvalue weighted by Crippen LogP contribution is -2.36. The van der Waals surface area contributed by atoms with Crippen LogP contribution in [0.1, 0.15) is 31.5 Å². The minimum absolute atomic E-state index is 0.140. The number of hydrazone groups is 1. The number of allylic oxidation sites excluding steroid dienone is 2. The Morgan fingerprint density at radius 2 is 1.90 bits per heavy atom. The fourth-order valence-electron chi connectivity index (χ4n) is 3.48. The Balaban J connectivity index is 1.65. The van der Waals surface area contributed by atoms with Crippen LogP contribution in [-0.2, 0) is 16.0 Å². The number of fused-ring (bicyclic) bond motifs is 1. The van der Waals surface area contributed by atoms with Crippen LogP contribution in [0, 0.1) is 17.2 Å². The maximum absolute atomic E-state index is 12.2. The van der Waals surface area contributed by atoms with Gasteiger partial charge in [0.15, 0.2) is 5.75 Å². The number of hydrogen-bond donors (Lipinski definition) is 0. The number of Topliss-reactive ketones (excluding diaryl/α,β-unsaturated/α-hetero) is 1. The van der Waals surface area contributed by atoms with Gasteiger partial charge in [0.25, 0.3) is 5.91 Å². The van der Waals surface area contributed by atoms with Gasteiger partial charge in [-0.1, -0.05) is 43.1 Å². The third-order valence-electron chi connectivity index (χ3n) is 4.96. The molecule has 0 saturated heterocycles. The highest BCUT2D eigenvalue weighted by Gasteiger charge is 2.29. The molecule has 0 saturated carbocycles. The molecular formula is C22H16Cl2N4O3. The normalized spacial score (nSPS) is 15.5. The van der Waals surface area contributed by atoms with Crippen LogP contribution < -0.4 is 9.75 Å². The summed E-state index contributed by atoms with van der Waals surface area (Å²) in [5, 5.41) is 14.1. The number of amides is 1. The Kier molecular flexibility index (Phi) is 5.52. The Hall–Kier alpha value is -3.21. The number of carbonyl (C=O) groups is 2. The molecule has 1 aromatic heterocycles. The van der Waals surface area contributed by atoms with Gasteiger partial charge in [-0.05, 0) is 29.7 Å². The van der Waals surface area contributed by atoms with Crippen LogP contribution in [-0.4, -0.2) is 22.4 Å². The number of rotatable bonds is 4. The van der Waals surface area contributed by atoms with Crippen LogP contribution >= 0.6 is 23.2 Å². The van der Waals surface area contributed by atoms with Gasteiger partial charge in [-0.25, -0.2) is 0 Å². The van der Waals surface area contributed by atoms with E-state index in [9.17, 15) is 9.59 Å². The van der Waals surface area contributed by atoms with Crippen molar-refractivity contribution in [1.29, 1.82) is 5.26 Å². The first kappa shape index (κ1) is 21.0. The van der Waals surface area contributed by atoms with E-state index in [1.165, 1.54) is 17.7 Å². The lowest BCUT2D eigenvalue weighted by Gasteiger charge is -2.22. The number of ketones is 1. The third kappa shape index (κ3) is 3.92. The van der Waals surface area contributed by atoms with E-state index in [1.54, 1.807) is 12.3 Å². The molecule has 4 rings (SSSR count). The van der Waals surface area contributed by atoms with E-state index in [0.717, 1.165) is 22.7 Å². The highest BCUT2D eigenvalue weighted by molar-refractivity contribution is 6.50. The number of nitrogens with zero attached hydrogens (tertiary/aromatic N) is 4. The van der Waals surface area contributed by atoms with Crippen molar-refractivity contribution in [2.45, 2.75) is 26.7 Å². The van der Waals surface area contributed by atoms with Crippen molar-refractivity contribution >= 4 is 51.9 Å². The highest BCUT2D eigenvalue weighted by atomic mass is 35.5. The Morgan fingerprint density at radius 3 is 2.55 bits per heavy atom. The van der Waals surface area contributed by atoms with Gasteiger partial charge in [-0.2, -0.15) is 15.4 Å². The largest absolute Gasteiger partial charge is 0.453 e. The van der Waals surface area contributed by atoms with Gasteiger partial charge in [-0.15, -0.1) is 0 Å². The van der Waals surface area contributed by atoms with Crippen molar-refractivity contribution in [2.24, 2.45) is 11.0 Å². The van der Waals surface area contributed by atoms with Crippen LogP contribution in [0.2, 0.25) is 10.0 Å². The van der Waals surface area contributed by atoms with Crippen molar-refractivity contribution in [3.63, 3.8) is 0 Å². The minimum atomic E-state index is -0.625. The second-order valence-corrected chi connectivity index (χ2v) is 8.20. The number of pyridine rings is 1. The Bertz CT molecular complexity index is 1200. The second kappa shape index (κ2) is 8.14. The number of benzene rings is 1. The summed E-state index contributed by atoms with van der Waals surface area (Å²) in [7, 11) is 0. The maximum Gasteiger partial charge on any atom is 0.255 e. The molecule has 0 N–H and O–H groups in total. The Morgan fingerprint density at radius 1 is 1.19 bits per heavy atom. The van der Waals surface area contributed by atoms with Gasteiger partial charge in [0.05, 0.1) is 34.0 Å². The Labute approximate surface area is 188 Å². The molecule has 1 aliphatic heterocycles. The molecule has 0 fully saturated rings. The zero-order valence-corrected chi connectivity index (χ0v) is 18.2. The van der Waals surface area contributed by atoms with E-state index in [4.69, 9.17) is 33.2 Å². The van der Waals surface area contributed by atoms with Crippen molar-refractivity contribution in [3.05, 3.63) is 51.8 Å². The van der Waals surface area contributed by atoms with Gasteiger partial charge in [0.2, 0.25) is 11.5 Å². The number of ether oxygens (including phenoxy) is 1. The number of nitriles is 1. The molecule has 1 aromatic carbocycles. The van der Waals surface area contributed by atoms with Crippen molar-refractivity contribution in [3.8, 4) is 17.6 Å². The van der Waals surface area contributed by atoms with Gasteiger partial charge in [0.1, 0.15) is 11.8 Å². The quantitative estimate of drug-likeness (QED) is 0.608. The van der Waals surface area contributed by atoms with E-state index in [0.29, 0.717) is 11.7 Å². The summed E-state index contributed by atoms with van der Waals surface area (Å²) < 4.78 is 5.92. The van der Waals surface area contributed by atoms with Gasteiger partial charge in [-0.3, -0.25) is 14.6 Å². The first-order chi connectivity index (χ1) is 14.8. The molecule has 0 atom stereocenters. The van der Waals surface area contributed by atoms with Crippen molar-refractivity contribution in [1.82, 2.24) is 4.98 Å². The predicted molar refractivity (Wildman–Crippen MR) is 117 cm³/mol. The smallest absolute Gasteiger partial charge is 0.255 e. The predicted octanol–water partition coefficient (Wildman–Crippen LogP) is 4.96. The van der Waals surface area contributed by atoms with E-state index in [2.05, 4.69) is 30.0 Å². The van der Waals surface area contributed by atoms with Gasteiger partial charge in [0, 0.05) is 12.0 Å². The van der Waals surface area contributed by atoms with E-state index < -0.39 is 18.1 Å². The molecule has 0 unspecified atom stereocenters. The summed E-state index contributed by atoms with van der Waals surface area (Å²) in [6.45, 7) is 4.24. The molecule has 2 aliphatic rings. The van der Waals surface area contributed by atoms with Crippen LogP contribution in [0.5, 0.6) is 11.5 Å². The zero-order valence-electron chi connectivity index (χ0n) is 16.6. The first-order valence-corrected chi connectivity index (χ1v) is 10.2. The molecule has 2 heterocycles. The molecule has 7 nitrogen and oxygen atoms in total. The summed E-state index contributed by atoms with van der Waals surface area (Å²) >= 11 is 12.8. The lowest BCUT2D eigenvalue weighted by atomic mass is 9.99. The van der Waals surface area contributed by atoms with Crippen LogP contribution in [0.4, 0.5) is 5.69 Å². The first-order valence-electron chi connectivity index (χ1n) is 9.49.